The van der Waals surface area contributed by atoms with Gasteiger partial charge in [-0.2, -0.15) is 0 Å². The first kappa shape index (κ1) is 8.56. The van der Waals surface area contributed by atoms with Crippen molar-refractivity contribution in [2.45, 2.75) is 6.92 Å². The molecule has 0 aliphatic carbocycles. The van der Waals surface area contributed by atoms with Crippen molar-refractivity contribution in [3.63, 3.8) is 0 Å². The van der Waals surface area contributed by atoms with Gasteiger partial charge in [0.1, 0.15) is 6.73 Å². The number of nitrogens with one attached hydrogen (secondary N) is 1. The Morgan fingerprint density at radius 1 is 1.55 bits per heavy atom. The summed E-state index contributed by atoms with van der Waals surface area (Å²) in [5.74, 6) is 0. The third kappa shape index (κ3) is 2.20. The molecule has 0 fully saturated rings. The third-order valence-corrected chi connectivity index (χ3v) is 2.33. The average molecular weight is 216 g/mol. The molecule has 60 valence electrons. The molecule has 0 amide bonds. The zero-order valence-corrected chi connectivity index (χ0v) is 7.85. The predicted octanol–water partition coefficient (Wildman–Crippen LogP) is 2.12. The quantitative estimate of drug-likeness (QED) is 0.742. The van der Waals surface area contributed by atoms with E-state index in [0.29, 0.717) is 0 Å². The van der Waals surface area contributed by atoms with Gasteiger partial charge >= 0.3 is 0 Å². The molecule has 1 rings (SSSR count). The summed E-state index contributed by atoms with van der Waals surface area (Å²) in [6.07, 6.45) is 0. The second-order valence-electron chi connectivity index (χ2n) is 2.30. The fourth-order valence-electron chi connectivity index (χ4n) is 0.846. The maximum atomic E-state index is 8.56. The maximum Gasteiger partial charge on any atom is 0.113 e. The highest BCUT2D eigenvalue weighted by Gasteiger charge is 1.94. The van der Waals surface area contributed by atoms with Crippen molar-refractivity contribution in [1.29, 1.82) is 0 Å². The van der Waals surface area contributed by atoms with Crippen LogP contribution in [0.4, 0.5) is 5.69 Å². The van der Waals surface area contributed by atoms with Crippen LogP contribution in [0.5, 0.6) is 0 Å². The van der Waals surface area contributed by atoms with Gasteiger partial charge in [0, 0.05) is 10.2 Å². The van der Waals surface area contributed by atoms with E-state index in [4.69, 9.17) is 5.11 Å². The first-order valence-corrected chi connectivity index (χ1v) is 4.14. The number of benzene rings is 1. The zero-order valence-electron chi connectivity index (χ0n) is 6.26. The van der Waals surface area contributed by atoms with Gasteiger partial charge in [-0.15, -0.1) is 0 Å². The van der Waals surface area contributed by atoms with Crippen LogP contribution >= 0.6 is 15.9 Å². The van der Waals surface area contributed by atoms with Gasteiger partial charge in [-0.25, -0.2) is 0 Å². The lowest BCUT2D eigenvalue weighted by molar-refractivity contribution is 0.325. The minimum absolute atomic E-state index is 0.0267. The van der Waals surface area contributed by atoms with Crippen LogP contribution in [-0.4, -0.2) is 11.8 Å². The number of rotatable bonds is 2. The molecule has 0 bridgehead atoms. The summed E-state index contributed by atoms with van der Waals surface area (Å²) >= 11 is 3.39. The zero-order chi connectivity index (χ0) is 8.27. The summed E-state index contributed by atoms with van der Waals surface area (Å²) in [7, 11) is 0. The van der Waals surface area contributed by atoms with Crippen LogP contribution in [-0.2, 0) is 0 Å². The van der Waals surface area contributed by atoms with Gasteiger partial charge in [0.05, 0.1) is 0 Å². The van der Waals surface area contributed by atoms with Crippen LogP contribution in [0, 0.1) is 6.92 Å². The van der Waals surface area contributed by atoms with E-state index in [1.807, 2.05) is 25.1 Å². The summed E-state index contributed by atoms with van der Waals surface area (Å²) < 4.78 is 1.08. The molecule has 0 spiro atoms. The molecule has 0 atom stereocenters. The summed E-state index contributed by atoms with van der Waals surface area (Å²) in [6, 6.07) is 5.83. The maximum absolute atomic E-state index is 8.56. The van der Waals surface area contributed by atoms with Gasteiger partial charge in [0.2, 0.25) is 0 Å². The van der Waals surface area contributed by atoms with E-state index in [1.165, 1.54) is 0 Å². The average Bonchev–Trinajstić information content (AvgIpc) is 1.98. The Balaban J connectivity index is 2.86. The van der Waals surface area contributed by atoms with E-state index in [0.717, 1.165) is 15.7 Å². The lowest BCUT2D eigenvalue weighted by Gasteiger charge is -2.04. The second kappa shape index (κ2) is 3.74. The van der Waals surface area contributed by atoms with E-state index in [-0.39, 0.29) is 6.73 Å². The summed E-state index contributed by atoms with van der Waals surface area (Å²) in [5, 5.41) is 11.4. The molecule has 11 heavy (non-hydrogen) atoms. The van der Waals surface area contributed by atoms with Crippen LogP contribution < -0.4 is 5.32 Å². The van der Waals surface area contributed by atoms with Crippen molar-refractivity contribution in [3.8, 4) is 0 Å². The van der Waals surface area contributed by atoms with E-state index >= 15 is 0 Å². The van der Waals surface area contributed by atoms with Gasteiger partial charge < -0.3 is 10.4 Å². The smallest absolute Gasteiger partial charge is 0.113 e. The number of aryl methyl sites for hydroxylation is 1. The second-order valence-corrected chi connectivity index (χ2v) is 3.15. The Hall–Kier alpha value is -0.540. The molecule has 2 N–H and O–H groups in total. The minimum atomic E-state index is -0.0267. The van der Waals surface area contributed by atoms with E-state index in [9.17, 15) is 0 Å². The summed E-state index contributed by atoms with van der Waals surface area (Å²) in [4.78, 5) is 0. The molecule has 0 saturated heterocycles. The largest absolute Gasteiger partial charge is 0.377 e. The molecule has 0 heterocycles. The first-order chi connectivity index (χ1) is 5.24. The Labute approximate surface area is 74.4 Å². The van der Waals surface area contributed by atoms with Crippen LogP contribution in [0.1, 0.15) is 5.56 Å². The fraction of sp³-hybridized carbons (Fsp3) is 0.250. The van der Waals surface area contributed by atoms with Crippen molar-refractivity contribution in [2.75, 3.05) is 12.0 Å². The van der Waals surface area contributed by atoms with Crippen molar-refractivity contribution in [2.24, 2.45) is 0 Å². The SMILES string of the molecule is Cc1cc(NCO)ccc1Br. The van der Waals surface area contributed by atoms with Gasteiger partial charge in [0.25, 0.3) is 0 Å². The molecule has 0 aliphatic rings. The Morgan fingerprint density at radius 2 is 2.27 bits per heavy atom. The number of aliphatic hydroxyl groups excluding tert-OH is 1. The molecule has 1 aromatic carbocycles. The molecule has 0 aliphatic heterocycles. The molecular weight excluding hydrogens is 206 g/mol. The van der Waals surface area contributed by atoms with Crippen molar-refractivity contribution in [1.82, 2.24) is 0 Å². The topological polar surface area (TPSA) is 32.3 Å². The van der Waals surface area contributed by atoms with E-state index < -0.39 is 0 Å². The standard InChI is InChI=1S/C8H10BrNO/c1-6-4-7(10-5-11)2-3-8(6)9/h2-4,10-11H,5H2,1H3. The van der Waals surface area contributed by atoms with Gasteiger partial charge in [-0.05, 0) is 30.7 Å². The van der Waals surface area contributed by atoms with Crippen molar-refractivity contribution in [3.05, 3.63) is 28.2 Å². The van der Waals surface area contributed by atoms with Crippen LogP contribution in [0.3, 0.4) is 0 Å². The molecule has 0 unspecified atom stereocenters. The number of halogens is 1. The first-order valence-electron chi connectivity index (χ1n) is 3.35. The number of hydrogen-bond donors (Lipinski definition) is 2. The molecule has 0 aromatic heterocycles. The van der Waals surface area contributed by atoms with Crippen molar-refractivity contribution >= 4 is 21.6 Å². The van der Waals surface area contributed by atoms with Gasteiger partial charge in [-0.3, -0.25) is 0 Å². The minimum Gasteiger partial charge on any atom is -0.377 e. The van der Waals surface area contributed by atoms with Crippen molar-refractivity contribution < 1.29 is 5.11 Å². The third-order valence-electron chi connectivity index (χ3n) is 1.44. The van der Waals surface area contributed by atoms with Crippen LogP contribution in [0.25, 0.3) is 0 Å². The molecule has 0 saturated carbocycles. The molecule has 0 radical (unpaired) electrons. The highest BCUT2D eigenvalue weighted by Crippen LogP contribution is 2.19. The highest BCUT2D eigenvalue weighted by molar-refractivity contribution is 9.10. The van der Waals surface area contributed by atoms with Crippen LogP contribution in [0.15, 0.2) is 22.7 Å². The lowest BCUT2D eigenvalue weighted by Crippen LogP contribution is -1.99. The van der Waals surface area contributed by atoms with Gasteiger partial charge in [-0.1, -0.05) is 15.9 Å². The predicted molar refractivity (Wildman–Crippen MR) is 49.6 cm³/mol. The monoisotopic (exact) mass is 215 g/mol. The molecular formula is C8H10BrNO. The van der Waals surface area contributed by atoms with E-state index in [1.54, 1.807) is 0 Å². The Kier molecular flexibility index (Phi) is 2.91. The molecule has 3 heteroatoms. The number of anilines is 1. The molecule has 2 nitrogen and oxygen atoms in total. The number of hydrogen-bond acceptors (Lipinski definition) is 2. The summed E-state index contributed by atoms with van der Waals surface area (Å²) in [5.41, 5.74) is 2.09. The lowest BCUT2D eigenvalue weighted by atomic mass is 10.2. The summed E-state index contributed by atoms with van der Waals surface area (Å²) in [6.45, 7) is 1.98. The normalized spacial score (nSPS) is 9.73. The van der Waals surface area contributed by atoms with Crippen LogP contribution in [0.2, 0.25) is 0 Å². The van der Waals surface area contributed by atoms with E-state index in [2.05, 4.69) is 21.2 Å². The Bertz CT molecular complexity index is 250. The van der Waals surface area contributed by atoms with Gasteiger partial charge in [0.15, 0.2) is 0 Å². The Morgan fingerprint density at radius 3 is 2.82 bits per heavy atom. The number of aliphatic hydroxyl groups is 1. The molecule has 1 aromatic rings. The highest BCUT2D eigenvalue weighted by atomic mass is 79.9. The fourth-order valence-corrected chi connectivity index (χ4v) is 1.09.